The van der Waals surface area contributed by atoms with Crippen molar-refractivity contribution in [3.05, 3.63) is 68.1 Å². The van der Waals surface area contributed by atoms with Crippen molar-refractivity contribution in [1.29, 1.82) is 5.26 Å². The molecule has 1 saturated heterocycles. The average molecular weight is 658 g/mol. The van der Waals surface area contributed by atoms with E-state index in [4.69, 9.17) is 4.74 Å². The first kappa shape index (κ1) is 34.1. The third kappa shape index (κ3) is 8.26. The van der Waals surface area contributed by atoms with Crippen LogP contribution in [0, 0.1) is 11.3 Å². The zero-order valence-corrected chi connectivity index (χ0v) is 26.4. The lowest BCUT2D eigenvalue weighted by molar-refractivity contribution is -0.135. The summed E-state index contributed by atoms with van der Waals surface area (Å²) in [6.07, 6.45) is -3.26. The van der Waals surface area contributed by atoms with E-state index in [1.807, 2.05) is 24.3 Å². The van der Waals surface area contributed by atoms with E-state index >= 15 is 0 Å². The number of alkyl halides is 3. The molecule has 0 saturated carbocycles. The number of halogens is 3. The number of hydrogen-bond acceptors (Lipinski definition) is 9. The number of likely N-dealkylation sites (N-methyl/N-ethyl adjacent to an activating group) is 1. The summed E-state index contributed by atoms with van der Waals surface area (Å²) in [5.41, 5.74) is 1.11. The molecule has 0 aliphatic carbocycles. The number of nitrogens with zero attached hydrogens (tertiary/aromatic N) is 5. The highest BCUT2D eigenvalue weighted by molar-refractivity contribution is 7.07. The number of thiazole rings is 1. The number of anilines is 3. The Kier molecular flexibility index (Phi) is 11.1. The van der Waals surface area contributed by atoms with Gasteiger partial charge in [-0.25, -0.2) is 0 Å². The van der Waals surface area contributed by atoms with Crippen molar-refractivity contribution in [2.24, 2.45) is 0 Å². The van der Waals surface area contributed by atoms with Crippen LogP contribution in [0.1, 0.15) is 6.92 Å². The van der Waals surface area contributed by atoms with Crippen molar-refractivity contribution in [2.75, 3.05) is 68.5 Å². The maximum atomic E-state index is 13.2. The van der Waals surface area contributed by atoms with E-state index in [0.717, 1.165) is 40.4 Å². The zero-order chi connectivity index (χ0) is 33.4. The molecule has 11 nitrogen and oxygen atoms in total. The third-order valence-corrected chi connectivity index (χ3v) is 8.49. The van der Waals surface area contributed by atoms with Crippen LogP contribution in [-0.4, -0.2) is 80.9 Å². The Labute approximate surface area is 267 Å². The molecule has 0 radical (unpaired) electrons. The molecule has 3 aromatic rings. The standard InChI is InChI=1S/C31H34F3N7O4S/c1-4-41-29(44)26(46-30(41)23(17-35)28(43)37-20-31(32,33)34)18-36-21-8-7-9-22(16-21)38(2)27(42)19-39-12-14-40(15-13-39)24-10-5-6-11-25(24)45-3/h5-11,16,18,36H,4,12-15,19-20H2,1-3H3,(H,37,43)/b26-18+,30-23-. The lowest BCUT2D eigenvalue weighted by Crippen LogP contribution is -2.49. The van der Waals surface area contributed by atoms with Crippen LogP contribution in [0.15, 0.2) is 53.3 Å². The number of carbonyl (C=O) groups is 2. The summed E-state index contributed by atoms with van der Waals surface area (Å²) in [7, 11) is 3.33. The predicted octanol–water partition coefficient (Wildman–Crippen LogP) is 1.93. The second kappa shape index (κ2) is 15.0. The lowest BCUT2D eigenvalue weighted by Gasteiger charge is -2.36. The molecule has 0 spiro atoms. The second-order valence-corrected chi connectivity index (χ2v) is 11.4. The van der Waals surface area contributed by atoms with Gasteiger partial charge in [0.25, 0.3) is 11.5 Å². The Bertz CT molecular complexity index is 1790. The van der Waals surface area contributed by atoms with Gasteiger partial charge in [-0.2, -0.15) is 18.4 Å². The highest BCUT2D eigenvalue weighted by atomic mass is 32.1. The van der Waals surface area contributed by atoms with Gasteiger partial charge in [-0.05, 0) is 37.3 Å². The number of piperazine rings is 1. The summed E-state index contributed by atoms with van der Waals surface area (Å²) in [5.74, 6) is -0.504. The fraction of sp³-hybridized carbons (Fsp3) is 0.355. The molecule has 0 atom stereocenters. The molecule has 244 valence electrons. The Morgan fingerprint density at radius 1 is 1.13 bits per heavy atom. The van der Waals surface area contributed by atoms with Crippen molar-refractivity contribution < 1.29 is 27.5 Å². The number of methoxy groups -OCH3 is 1. The largest absolute Gasteiger partial charge is 0.495 e. The molecule has 0 bridgehead atoms. The van der Waals surface area contributed by atoms with E-state index in [0.29, 0.717) is 24.5 Å². The molecule has 15 heteroatoms. The van der Waals surface area contributed by atoms with E-state index in [1.54, 1.807) is 61.6 Å². The number of para-hydroxylation sites is 2. The van der Waals surface area contributed by atoms with Gasteiger partial charge < -0.3 is 25.2 Å². The number of carbonyl (C=O) groups excluding carboxylic acids is 2. The van der Waals surface area contributed by atoms with Crippen LogP contribution >= 0.6 is 11.3 Å². The number of aromatic nitrogens is 1. The molecule has 0 unspecified atom stereocenters. The smallest absolute Gasteiger partial charge is 0.405 e. The summed E-state index contributed by atoms with van der Waals surface area (Å²) < 4.78 is 44.4. The predicted molar refractivity (Wildman–Crippen MR) is 171 cm³/mol. The Morgan fingerprint density at radius 2 is 1.85 bits per heavy atom. The summed E-state index contributed by atoms with van der Waals surface area (Å²) in [6.45, 7) is 3.27. The fourth-order valence-corrected chi connectivity index (χ4v) is 5.98. The molecular weight excluding hydrogens is 623 g/mol. The topological polar surface area (TPSA) is 123 Å². The average Bonchev–Trinajstić information content (AvgIpc) is 3.37. The number of hydrogen-bond donors (Lipinski definition) is 2. The van der Waals surface area contributed by atoms with E-state index in [2.05, 4.69) is 15.1 Å². The molecule has 2 heterocycles. The highest BCUT2D eigenvalue weighted by Gasteiger charge is 2.29. The van der Waals surface area contributed by atoms with E-state index in [-0.39, 0.29) is 28.2 Å². The van der Waals surface area contributed by atoms with Crippen LogP contribution < -0.4 is 39.9 Å². The van der Waals surface area contributed by atoms with Crippen LogP contribution in [0.3, 0.4) is 0 Å². The maximum Gasteiger partial charge on any atom is 0.405 e. The number of ether oxygens (including phenoxy) is 1. The van der Waals surface area contributed by atoms with Crippen LogP contribution in [0.4, 0.5) is 30.2 Å². The Balaban J connectivity index is 1.44. The first-order valence-electron chi connectivity index (χ1n) is 14.4. The Morgan fingerprint density at radius 3 is 2.50 bits per heavy atom. The summed E-state index contributed by atoms with van der Waals surface area (Å²) in [6, 6.07) is 16.5. The number of nitriles is 1. The third-order valence-electron chi connectivity index (χ3n) is 7.36. The van der Waals surface area contributed by atoms with Gasteiger partial charge in [0.1, 0.15) is 27.6 Å². The molecule has 2 amide bonds. The van der Waals surface area contributed by atoms with Crippen molar-refractivity contribution in [3.63, 3.8) is 0 Å². The van der Waals surface area contributed by atoms with E-state index in [9.17, 15) is 32.8 Å². The van der Waals surface area contributed by atoms with Gasteiger partial charge in [-0.3, -0.25) is 23.9 Å². The zero-order valence-electron chi connectivity index (χ0n) is 25.6. The molecule has 4 rings (SSSR count). The SMILES string of the molecule is CCn1c(=O)/c(=C\Nc2cccc(N(C)C(=O)CN3CCN(c4ccccc4OC)CC3)c2)s/c1=C(/C#N)C(=O)NCC(F)(F)F. The van der Waals surface area contributed by atoms with Crippen molar-refractivity contribution in [2.45, 2.75) is 19.6 Å². The monoisotopic (exact) mass is 657 g/mol. The quantitative estimate of drug-likeness (QED) is 0.339. The van der Waals surface area contributed by atoms with Crippen LogP contribution in [0.25, 0.3) is 11.8 Å². The van der Waals surface area contributed by atoms with Gasteiger partial charge in [0.05, 0.1) is 19.3 Å². The van der Waals surface area contributed by atoms with Crippen LogP contribution in [0.2, 0.25) is 0 Å². The van der Waals surface area contributed by atoms with Gasteiger partial charge >= 0.3 is 6.18 Å². The van der Waals surface area contributed by atoms with Crippen molar-refractivity contribution >= 4 is 52.0 Å². The van der Waals surface area contributed by atoms with Gasteiger partial charge in [0, 0.05) is 57.3 Å². The maximum absolute atomic E-state index is 13.2. The first-order valence-corrected chi connectivity index (χ1v) is 15.2. The number of benzene rings is 2. The minimum atomic E-state index is -4.65. The molecule has 46 heavy (non-hydrogen) atoms. The Hall–Kier alpha value is -4.81. The summed E-state index contributed by atoms with van der Waals surface area (Å²) in [5, 5.41) is 14.2. The van der Waals surface area contributed by atoms with Gasteiger partial charge in [0.2, 0.25) is 5.91 Å². The molecule has 1 aliphatic heterocycles. The van der Waals surface area contributed by atoms with Crippen LogP contribution in [-0.2, 0) is 16.1 Å². The molecule has 1 aromatic heterocycles. The molecular formula is C31H34F3N7O4S. The molecule has 2 aromatic carbocycles. The van der Waals surface area contributed by atoms with Crippen molar-refractivity contribution in [1.82, 2.24) is 14.8 Å². The van der Waals surface area contributed by atoms with E-state index in [1.165, 1.54) is 6.20 Å². The van der Waals surface area contributed by atoms with Crippen molar-refractivity contribution in [3.8, 4) is 11.8 Å². The lowest BCUT2D eigenvalue weighted by atomic mass is 10.2. The number of amides is 2. The van der Waals surface area contributed by atoms with Gasteiger partial charge in [-0.1, -0.05) is 18.2 Å². The molecule has 1 aliphatic rings. The molecule has 1 fully saturated rings. The number of nitrogens with one attached hydrogen (secondary N) is 2. The minimum absolute atomic E-state index is 0.0504. The highest BCUT2D eigenvalue weighted by Crippen LogP contribution is 2.28. The molecule has 2 N–H and O–H groups in total. The van der Waals surface area contributed by atoms with E-state index < -0.39 is 29.8 Å². The first-order chi connectivity index (χ1) is 21.9. The van der Waals surface area contributed by atoms with Gasteiger partial charge in [-0.15, -0.1) is 11.3 Å². The normalized spacial score (nSPS) is 14.8. The van der Waals surface area contributed by atoms with Gasteiger partial charge in [0.15, 0.2) is 5.57 Å². The second-order valence-electron chi connectivity index (χ2n) is 10.3. The minimum Gasteiger partial charge on any atom is -0.495 e. The summed E-state index contributed by atoms with van der Waals surface area (Å²) >= 11 is 0.810. The summed E-state index contributed by atoms with van der Waals surface area (Å²) in [4.78, 5) is 44.4. The van der Waals surface area contributed by atoms with Crippen LogP contribution in [0.5, 0.6) is 5.75 Å². The number of rotatable bonds is 10. The fourth-order valence-electron chi connectivity index (χ4n) is 4.89.